The summed E-state index contributed by atoms with van der Waals surface area (Å²) < 4.78 is 46.6. The maximum atomic E-state index is 13.4. The van der Waals surface area contributed by atoms with Crippen molar-refractivity contribution in [1.82, 2.24) is 9.55 Å². The summed E-state index contributed by atoms with van der Waals surface area (Å²) in [4.78, 5) is 16.3. The normalized spacial score (nSPS) is 37.0. The summed E-state index contributed by atoms with van der Waals surface area (Å²) in [5.41, 5.74) is -0.220. The molecule has 0 aliphatic heterocycles. The van der Waals surface area contributed by atoms with Crippen LogP contribution in [0.5, 0.6) is 0 Å². The van der Waals surface area contributed by atoms with E-state index in [2.05, 4.69) is 20.9 Å². The van der Waals surface area contributed by atoms with Crippen LogP contribution in [0.4, 0.5) is 13.2 Å². The van der Waals surface area contributed by atoms with E-state index in [0.29, 0.717) is 11.8 Å². The summed E-state index contributed by atoms with van der Waals surface area (Å²) >= 11 is 3.86. The van der Waals surface area contributed by atoms with Gasteiger partial charge in [-0.3, -0.25) is 4.79 Å². The van der Waals surface area contributed by atoms with E-state index >= 15 is 0 Å². The largest absolute Gasteiger partial charge is 0.444 e. The fourth-order valence-electron chi connectivity index (χ4n) is 5.92. The van der Waals surface area contributed by atoms with Crippen LogP contribution < -0.4 is 0 Å². The van der Waals surface area contributed by atoms with Crippen LogP contribution >= 0.6 is 15.9 Å². The highest BCUT2D eigenvalue weighted by Gasteiger charge is 2.57. The van der Waals surface area contributed by atoms with Crippen molar-refractivity contribution < 1.29 is 22.7 Å². The zero-order chi connectivity index (χ0) is 18.7. The van der Waals surface area contributed by atoms with Gasteiger partial charge in [-0.1, -0.05) is 15.9 Å². The molecule has 0 unspecified atom stereocenters. The molecule has 4 aliphatic rings. The Morgan fingerprint density at radius 1 is 1.38 bits per heavy atom. The van der Waals surface area contributed by atoms with Gasteiger partial charge in [-0.2, -0.15) is 13.2 Å². The highest BCUT2D eigenvalue weighted by molar-refractivity contribution is 9.10. The monoisotopic (exact) mass is 434 g/mol. The summed E-state index contributed by atoms with van der Waals surface area (Å²) in [5, 5.41) is 0. The van der Waals surface area contributed by atoms with Crippen LogP contribution in [0.3, 0.4) is 0 Å². The predicted octanol–water partition coefficient (Wildman–Crippen LogP) is 4.69. The van der Waals surface area contributed by atoms with E-state index in [1.54, 1.807) is 0 Å². The number of nitrogens with zero attached hydrogens (tertiary/aromatic N) is 2. The third-order valence-corrected chi connectivity index (χ3v) is 7.20. The summed E-state index contributed by atoms with van der Waals surface area (Å²) in [5.74, 6) is 0.0643. The van der Waals surface area contributed by atoms with Crippen molar-refractivity contribution in [1.29, 1.82) is 0 Å². The molecular weight excluding hydrogens is 413 g/mol. The van der Waals surface area contributed by atoms with E-state index in [4.69, 9.17) is 4.74 Å². The molecule has 0 radical (unpaired) electrons. The average molecular weight is 435 g/mol. The lowest BCUT2D eigenvalue weighted by Crippen LogP contribution is -2.53. The minimum atomic E-state index is -4.69. The molecule has 0 aromatic carbocycles. The minimum Gasteiger partial charge on any atom is -0.444 e. The molecule has 0 N–H and O–H groups in total. The molecule has 1 heterocycles. The topological polar surface area (TPSA) is 44.1 Å². The number of rotatable bonds is 4. The fourth-order valence-corrected chi connectivity index (χ4v) is 7.43. The smallest absolute Gasteiger partial charge is 0.432 e. The first-order chi connectivity index (χ1) is 12.1. The van der Waals surface area contributed by atoms with E-state index in [9.17, 15) is 18.0 Å². The molecule has 144 valence electrons. The Balaban J connectivity index is 1.50. The van der Waals surface area contributed by atoms with Gasteiger partial charge in [0, 0.05) is 23.8 Å². The first-order valence-electron chi connectivity index (χ1n) is 9.00. The number of carbonyl (C=O) groups is 1. The molecule has 1 aromatic heterocycles. The lowest BCUT2D eigenvalue weighted by molar-refractivity contribution is -0.228. The lowest BCUT2D eigenvalue weighted by atomic mass is 9.49. The van der Waals surface area contributed by atoms with Crippen molar-refractivity contribution >= 4 is 21.9 Å². The summed E-state index contributed by atoms with van der Waals surface area (Å²) in [6, 6.07) is 0. The molecule has 3 atom stereocenters. The molecule has 0 saturated heterocycles. The zero-order valence-electron chi connectivity index (χ0n) is 14.6. The molecule has 4 aliphatic carbocycles. The maximum absolute atomic E-state index is 13.4. The van der Waals surface area contributed by atoms with Gasteiger partial charge in [0.25, 0.3) is 6.10 Å². The van der Waals surface area contributed by atoms with Crippen LogP contribution in [-0.2, 0) is 16.6 Å². The third kappa shape index (κ3) is 3.29. The van der Waals surface area contributed by atoms with Crippen molar-refractivity contribution in [2.45, 2.75) is 61.6 Å². The van der Waals surface area contributed by atoms with Crippen LogP contribution in [0.15, 0.2) is 12.4 Å². The van der Waals surface area contributed by atoms with Crippen LogP contribution in [0.1, 0.15) is 56.9 Å². The van der Waals surface area contributed by atoms with E-state index in [1.807, 2.05) is 0 Å². The quantitative estimate of drug-likeness (QED) is 0.509. The van der Waals surface area contributed by atoms with Gasteiger partial charge in [0.1, 0.15) is 0 Å². The number of ether oxygens (including phenoxy) is 1. The second-order valence-electron chi connectivity index (χ2n) is 8.60. The number of halogens is 4. The molecular formula is C18H22BrF3N2O2. The molecule has 4 nitrogen and oxygen atoms in total. The first kappa shape index (κ1) is 18.3. The number of alkyl halides is 4. The Labute approximate surface area is 158 Å². The second kappa shape index (κ2) is 5.97. The van der Waals surface area contributed by atoms with Gasteiger partial charge in [-0.25, -0.2) is 4.98 Å². The molecule has 5 rings (SSSR count). The average Bonchev–Trinajstić information content (AvgIpc) is 2.86. The Morgan fingerprint density at radius 2 is 2.04 bits per heavy atom. The Kier molecular flexibility index (Phi) is 4.21. The molecule has 4 fully saturated rings. The molecule has 8 heteroatoms. The third-order valence-electron chi connectivity index (χ3n) is 6.27. The first-order valence-corrected chi connectivity index (χ1v) is 9.79. The van der Waals surface area contributed by atoms with Crippen molar-refractivity contribution in [3.05, 3.63) is 18.2 Å². The number of imidazole rings is 1. The fraction of sp³-hybridized carbons (Fsp3) is 0.778. The number of hydrogen-bond donors (Lipinski definition) is 0. The van der Waals surface area contributed by atoms with Gasteiger partial charge < -0.3 is 9.30 Å². The minimum absolute atomic E-state index is 0.0560. The molecule has 0 spiro atoms. The van der Waals surface area contributed by atoms with Crippen LogP contribution in [0, 0.1) is 17.3 Å². The van der Waals surface area contributed by atoms with Gasteiger partial charge >= 0.3 is 12.1 Å². The van der Waals surface area contributed by atoms with E-state index in [0.717, 1.165) is 32.1 Å². The molecule has 26 heavy (non-hydrogen) atoms. The van der Waals surface area contributed by atoms with E-state index in [-0.39, 0.29) is 22.0 Å². The number of esters is 1. The van der Waals surface area contributed by atoms with Crippen LogP contribution in [0.25, 0.3) is 0 Å². The van der Waals surface area contributed by atoms with Crippen LogP contribution in [0.2, 0.25) is 0 Å². The summed E-state index contributed by atoms with van der Waals surface area (Å²) in [6.07, 6.45) is 1.83. The zero-order valence-corrected chi connectivity index (χ0v) is 16.1. The van der Waals surface area contributed by atoms with Crippen molar-refractivity contribution in [2.75, 3.05) is 0 Å². The van der Waals surface area contributed by atoms with Gasteiger partial charge in [0.2, 0.25) is 0 Å². The highest BCUT2D eigenvalue weighted by atomic mass is 79.9. The number of carbonyl (C=O) groups excluding carboxylic acids is 1. The van der Waals surface area contributed by atoms with Crippen molar-refractivity contribution in [3.8, 4) is 0 Å². The molecule has 1 aromatic rings. The number of aromatic nitrogens is 2. The molecule has 4 saturated carbocycles. The van der Waals surface area contributed by atoms with Gasteiger partial charge in [-0.05, 0) is 55.8 Å². The van der Waals surface area contributed by atoms with Crippen molar-refractivity contribution in [3.63, 3.8) is 0 Å². The SMILES string of the molecule is Cn1ccnc1[C@@H](OC(=O)CC12C[C@H]3C[C@@H](CC(Br)(C3)C1)C2)C(F)(F)F. The van der Waals surface area contributed by atoms with Gasteiger partial charge in [0.05, 0.1) is 6.42 Å². The predicted molar refractivity (Wildman–Crippen MR) is 91.5 cm³/mol. The standard InChI is InChI=1S/C18H22BrF3N2O2/c1-24-3-2-23-15(24)14(18(20,21)22)26-13(25)9-16-5-11-4-12(6-16)8-17(19,7-11)10-16/h2-3,11-12,14H,4-10H2,1H3/t11-,12-,14-,16?,17?/m1/s1. The van der Waals surface area contributed by atoms with Gasteiger partial charge in [0.15, 0.2) is 5.82 Å². The summed E-state index contributed by atoms with van der Waals surface area (Å²) in [7, 11) is 1.46. The second-order valence-corrected chi connectivity index (χ2v) is 10.3. The Bertz CT molecular complexity index is 704. The Morgan fingerprint density at radius 3 is 2.54 bits per heavy atom. The number of aryl methyl sites for hydroxylation is 1. The molecule has 0 amide bonds. The van der Waals surface area contributed by atoms with E-state index in [1.165, 1.54) is 30.4 Å². The van der Waals surface area contributed by atoms with Crippen molar-refractivity contribution in [2.24, 2.45) is 24.3 Å². The number of hydrogen-bond acceptors (Lipinski definition) is 3. The highest BCUT2D eigenvalue weighted by Crippen LogP contribution is 2.65. The van der Waals surface area contributed by atoms with E-state index < -0.39 is 18.2 Å². The Hall–Kier alpha value is -1.05. The summed E-state index contributed by atoms with van der Waals surface area (Å²) in [6.45, 7) is 0. The van der Waals surface area contributed by atoms with Gasteiger partial charge in [-0.15, -0.1) is 0 Å². The molecule has 4 bridgehead atoms. The van der Waals surface area contributed by atoms with Crippen LogP contribution in [-0.4, -0.2) is 26.0 Å². The maximum Gasteiger partial charge on any atom is 0.432 e. The lowest BCUT2D eigenvalue weighted by Gasteiger charge is -2.60.